The van der Waals surface area contributed by atoms with Gasteiger partial charge in [0.05, 0.1) is 27.9 Å². The molecule has 30 heavy (non-hydrogen) atoms. The third-order valence-corrected chi connectivity index (χ3v) is 6.26. The Morgan fingerprint density at radius 3 is 2.33 bits per heavy atom. The Kier molecular flexibility index (Phi) is 7.74. The van der Waals surface area contributed by atoms with E-state index in [2.05, 4.69) is 6.92 Å². The number of benzene rings is 2. The van der Waals surface area contributed by atoms with E-state index in [1.165, 1.54) is 0 Å². The van der Waals surface area contributed by atoms with E-state index < -0.39 is 0 Å². The van der Waals surface area contributed by atoms with Crippen LogP contribution in [0.5, 0.6) is 23.0 Å². The molecule has 1 fully saturated rings. The highest BCUT2D eigenvalue weighted by molar-refractivity contribution is 7.99. The standard InChI is InChI=1S/C23H29NO5S/c1-5-6-12-29-17-9-7-16(8-10-17)22(25)24-11-13-30-23(24)18-14-20(27-3)21(28-4)15-19(18)26-2/h7-10,14-15,23H,5-6,11-13H2,1-4H3. The largest absolute Gasteiger partial charge is 0.496 e. The number of hydrogen-bond donors (Lipinski definition) is 0. The van der Waals surface area contributed by atoms with Crippen LogP contribution in [0.4, 0.5) is 0 Å². The Morgan fingerprint density at radius 2 is 1.70 bits per heavy atom. The number of ether oxygens (including phenoxy) is 4. The third kappa shape index (κ3) is 4.78. The van der Waals surface area contributed by atoms with Crippen molar-refractivity contribution in [1.29, 1.82) is 0 Å². The number of carbonyl (C=O) groups is 1. The molecular formula is C23H29NO5S. The van der Waals surface area contributed by atoms with Crippen LogP contribution in [0.15, 0.2) is 36.4 Å². The zero-order valence-corrected chi connectivity index (χ0v) is 18.8. The zero-order valence-electron chi connectivity index (χ0n) is 18.0. The van der Waals surface area contributed by atoms with Gasteiger partial charge in [-0.2, -0.15) is 0 Å². The molecule has 0 bridgehead atoms. The molecule has 1 saturated heterocycles. The van der Waals surface area contributed by atoms with Crippen molar-refractivity contribution in [2.24, 2.45) is 0 Å². The molecule has 0 radical (unpaired) electrons. The van der Waals surface area contributed by atoms with Gasteiger partial charge in [-0.15, -0.1) is 11.8 Å². The average Bonchev–Trinajstić information content (AvgIpc) is 3.28. The zero-order chi connectivity index (χ0) is 21.5. The molecule has 7 heteroatoms. The Labute approximate surface area is 182 Å². The molecule has 2 aromatic rings. The van der Waals surface area contributed by atoms with Crippen LogP contribution in [0, 0.1) is 0 Å². The number of amides is 1. The summed E-state index contributed by atoms with van der Waals surface area (Å²) in [7, 11) is 4.81. The molecule has 6 nitrogen and oxygen atoms in total. The predicted molar refractivity (Wildman–Crippen MR) is 119 cm³/mol. The molecule has 1 aliphatic heterocycles. The fraction of sp³-hybridized carbons (Fsp3) is 0.435. The lowest BCUT2D eigenvalue weighted by Crippen LogP contribution is -2.30. The van der Waals surface area contributed by atoms with Gasteiger partial charge in [0.25, 0.3) is 5.91 Å². The van der Waals surface area contributed by atoms with E-state index in [9.17, 15) is 4.79 Å². The summed E-state index contributed by atoms with van der Waals surface area (Å²) in [5, 5.41) is -0.160. The van der Waals surface area contributed by atoms with E-state index >= 15 is 0 Å². The molecular weight excluding hydrogens is 402 g/mol. The summed E-state index contributed by atoms with van der Waals surface area (Å²) in [6.45, 7) is 3.48. The molecule has 0 aliphatic carbocycles. The summed E-state index contributed by atoms with van der Waals surface area (Å²) in [4.78, 5) is 15.1. The maximum Gasteiger partial charge on any atom is 0.255 e. The van der Waals surface area contributed by atoms with Crippen LogP contribution in [0.3, 0.4) is 0 Å². The number of hydrogen-bond acceptors (Lipinski definition) is 6. The van der Waals surface area contributed by atoms with Crippen LogP contribution in [-0.2, 0) is 0 Å². The summed E-state index contributed by atoms with van der Waals surface area (Å²) in [5.74, 6) is 3.51. The van der Waals surface area contributed by atoms with Gasteiger partial charge in [-0.3, -0.25) is 4.79 Å². The van der Waals surface area contributed by atoms with Gasteiger partial charge in [0.1, 0.15) is 16.9 Å². The van der Waals surface area contributed by atoms with Crippen molar-refractivity contribution in [1.82, 2.24) is 4.90 Å². The topological polar surface area (TPSA) is 57.2 Å². The fourth-order valence-corrected chi connectivity index (χ4v) is 4.65. The Morgan fingerprint density at radius 1 is 1.03 bits per heavy atom. The highest BCUT2D eigenvalue weighted by Gasteiger charge is 2.34. The molecule has 1 heterocycles. The summed E-state index contributed by atoms with van der Waals surface area (Å²) in [6, 6.07) is 11.1. The summed E-state index contributed by atoms with van der Waals surface area (Å²) < 4.78 is 22.1. The number of carbonyl (C=O) groups excluding carboxylic acids is 1. The number of thioether (sulfide) groups is 1. The lowest BCUT2D eigenvalue weighted by Gasteiger charge is -2.26. The van der Waals surface area contributed by atoms with Gasteiger partial charge < -0.3 is 23.8 Å². The van der Waals surface area contributed by atoms with Crippen LogP contribution < -0.4 is 18.9 Å². The van der Waals surface area contributed by atoms with Gasteiger partial charge in [-0.1, -0.05) is 13.3 Å². The van der Waals surface area contributed by atoms with E-state index in [-0.39, 0.29) is 11.3 Å². The van der Waals surface area contributed by atoms with E-state index in [0.717, 1.165) is 29.9 Å². The molecule has 1 unspecified atom stereocenters. The first kappa shape index (κ1) is 22.2. The van der Waals surface area contributed by atoms with E-state index in [1.54, 1.807) is 39.2 Å². The smallest absolute Gasteiger partial charge is 0.255 e. The number of unbranched alkanes of at least 4 members (excludes halogenated alkanes) is 1. The Hall–Kier alpha value is -2.54. The summed E-state index contributed by atoms with van der Waals surface area (Å²) >= 11 is 1.71. The van der Waals surface area contributed by atoms with E-state index in [4.69, 9.17) is 18.9 Å². The van der Waals surface area contributed by atoms with Crippen molar-refractivity contribution in [2.45, 2.75) is 25.1 Å². The first-order valence-electron chi connectivity index (χ1n) is 10.1. The van der Waals surface area contributed by atoms with Crippen molar-refractivity contribution >= 4 is 17.7 Å². The average molecular weight is 432 g/mol. The molecule has 1 aliphatic rings. The van der Waals surface area contributed by atoms with Gasteiger partial charge in [-0.05, 0) is 36.8 Å². The van der Waals surface area contributed by atoms with Crippen molar-refractivity contribution in [3.8, 4) is 23.0 Å². The number of methoxy groups -OCH3 is 3. The molecule has 162 valence electrons. The normalized spacial score (nSPS) is 15.7. The van der Waals surface area contributed by atoms with Crippen molar-refractivity contribution in [2.75, 3.05) is 40.2 Å². The summed E-state index contributed by atoms with van der Waals surface area (Å²) in [5.41, 5.74) is 1.54. The van der Waals surface area contributed by atoms with Gasteiger partial charge in [0.2, 0.25) is 0 Å². The van der Waals surface area contributed by atoms with Gasteiger partial charge >= 0.3 is 0 Å². The minimum Gasteiger partial charge on any atom is -0.496 e. The second-order valence-electron chi connectivity index (χ2n) is 6.90. The maximum atomic E-state index is 13.3. The first-order valence-corrected chi connectivity index (χ1v) is 11.1. The van der Waals surface area contributed by atoms with Crippen LogP contribution in [0.25, 0.3) is 0 Å². The molecule has 0 spiro atoms. The van der Waals surface area contributed by atoms with Gasteiger partial charge in [-0.25, -0.2) is 0 Å². The minimum atomic E-state index is -0.160. The van der Waals surface area contributed by atoms with Crippen LogP contribution >= 0.6 is 11.8 Å². The predicted octanol–water partition coefficient (Wildman–Crippen LogP) is 4.78. The summed E-state index contributed by atoms with van der Waals surface area (Å²) in [6.07, 6.45) is 2.10. The number of nitrogens with zero attached hydrogens (tertiary/aromatic N) is 1. The Bertz CT molecular complexity index is 855. The quantitative estimate of drug-likeness (QED) is 0.533. The lowest BCUT2D eigenvalue weighted by molar-refractivity contribution is 0.0759. The lowest BCUT2D eigenvalue weighted by atomic mass is 10.1. The molecule has 2 aromatic carbocycles. The Balaban J connectivity index is 1.82. The monoisotopic (exact) mass is 431 g/mol. The minimum absolute atomic E-state index is 0.0121. The van der Waals surface area contributed by atoms with Crippen LogP contribution in [0.2, 0.25) is 0 Å². The van der Waals surface area contributed by atoms with Crippen LogP contribution in [0.1, 0.15) is 41.1 Å². The first-order chi connectivity index (χ1) is 14.6. The molecule has 3 rings (SSSR count). The van der Waals surface area contributed by atoms with Gasteiger partial charge in [0.15, 0.2) is 11.5 Å². The van der Waals surface area contributed by atoms with Crippen molar-refractivity contribution in [3.05, 3.63) is 47.5 Å². The molecule has 1 atom stereocenters. The SMILES string of the molecule is CCCCOc1ccc(C(=O)N2CCSC2c2cc(OC)c(OC)cc2OC)cc1. The van der Waals surface area contributed by atoms with Crippen LogP contribution in [-0.4, -0.2) is 51.0 Å². The van der Waals surface area contributed by atoms with Crippen molar-refractivity contribution < 1.29 is 23.7 Å². The molecule has 1 amide bonds. The highest BCUT2D eigenvalue weighted by atomic mass is 32.2. The second-order valence-corrected chi connectivity index (χ2v) is 8.09. The van der Waals surface area contributed by atoms with E-state index in [1.807, 2.05) is 35.2 Å². The molecule has 0 saturated carbocycles. The van der Waals surface area contributed by atoms with Gasteiger partial charge in [0, 0.05) is 29.5 Å². The third-order valence-electron chi connectivity index (χ3n) is 5.02. The fourth-order valence-electron chi connectivity index (χ4n) is 3.38. The highest BCUT2D eigenvalue weighted by Crippen LogP contribution is 2.46. The second kappa shape index (κ2) is 10.5. The number of rotatable bonds is 9. The van der Waals surface area contributed by atoms with Crippen molar-refractivity contribution in [3.63, 3.8) is 0 Å². The van der Waals surface area contributed by atoms with E-state index in [0.29, 0.717) is 36.0 Å². The molecule has 0 aromatic heterocycles. The maximum absolute atomic E-state index is 13.3. The molecule has 0 N–H and O–H groups in total.